The quantitative estimate of drug-likeness (QED) is 0.849. The van der Waals surface area contributed by atoms with Crippen molar-refractivity contribution in [2.45, 2.75) is 25.8 Å². The Bertz CT molecular complexity index is 572. The molecule has 0 spiro atoms. The normalized spacial score (nSPS) is 11.5. The fraction of sp³-hybridized carbons (Fsp3) is 0.312. The van der Waals surface area contributed by atoms with Crippen molar-refractivity contribution >= 4 is 5.97 Å². The number of aromatic carboxylic acids is 1. The summed E-state index contributed by atoms with van der Waals surface area (Å²) >= 11 is 0. The third-order valence-electron chi connectivity index (χ3n) is 3.38. The average Bonchev–Trinajstić information content (AvgIpc) is 2.88. The zero-order valence-corrected chi connectivity index (χ0v) is 11.7. The van der Waals surface area contributed by atoms with E-state index in [1.807, 2.05) is 18.2 Å². The molecular formula is C16H19NO3. The van der Waals surface area contributed by atoms with Gasteiger partial charge in [0, 0.05) is 12.0 Å². The molecule has 0 aliphatic rings. The van der Waals surface area contributed by atoms with Crippen LogP contribution >= 0.6 is 0 Å². The van der Waals surface area contributed by atoms with Crippen LogP contribution < -0.4 is 5.32 Å². The highest BCUT2D eigenvalue weighted by Crippen LogP contribution is 2.22. The van der Waals surface area contributed by atoms with E-state index in [9.17, 15) is 4.79 Å². The van der Waals surface area contributed by atoms with Gasteiger partial charge in [0.05, 0.1) is 12.8 Å². The molecule has 1 aromatic heterocycles. The van der Waals surface area contributed by atoms with Crippen molar-refractivity contribution in [1.82, 2.24) is 5.32 Å². The first-order chi connectivity index (χ1) is 9.50. The van der Waals surface area contributed by atoms with Crippen LogP contribution in [-0.4, -0.2) is 17.6 Å². The summed E-state index contributed by atoms with van der Waals surface area (Å²) in [4.78, 5) is 11.0. The predicted molar refractivity (Wildman–Crippen MR) is 76.8 cm³/mol. The van der Waals surface area contributed by atoms with Crippen LogP contribution in [0.25, 0.3) is 0 Å². The van der Waals surface area contributed by atoms with Crippen LogP contribution in [0.1, 0.15) is 35.5 Å². The van der Waals surface area contributed by atoms with Gasteiger partial charge in [-0.25, -0.2) is 4.79 Å². The van der Waals surface area contributed by atoms with Gasteiger partial charge in [-0.05, 0) is 11.6 Å². The van der Waals surface area contributed by atoms with Gasteiger partial charge in [-0.1, -0.05) is 44.2 Å². The second kappa shape index (κ2) is 5.92. The molecule has 0 fully saturated rings. The number of hydrogen-bond donors (Lipinski definition) is 2. The van der Waals surface area contributed by atoms with E-state index in [1.54, 1.807) is 0 Å². The number of furan rings is 1. The molecule has 0 amide bonds. The lowest BCUT2D eigenvalue weighted by atomic mass is 9.84. The van der Waals surface area contributed by atoms with Gasteiger partial charge in [0.1, 0.15) is 11.3 Å². The highest BCUT2D eigenvalue weighted by Gasteiger charge is 2.20. The van der Waals surface area contributed by atoms with E-state index in [0.717, 1.165) is 6.54 Å². The summed E-state index contributed by atoms with van der Waals surface area (Å²) in [5, 5.41) is 12.3. The number of carboxylic acids is 1. The Hall–Kier alpha value is -2.07. The summed E-state index contributed by atoms with van der Waals surface area (Å²) in [6.45, 7) is 5.44. The van der Waals surface area contributed by atoms with Gasteiger partial charge in [-0.3, -0.25) is 0 Å². The Morgan fingerprint density at radius 3 is 2.60 bits per heavy atom. The lowest BCUT2D eigenvalue weighted by molar-refractivity contribution is 0.0694. The van der Waals surface area contributed by atoms with E-state index >= 15 is 0 Å². The van der Waals surface area contributed by atoms with E-state index in [2.05, 4.69) is 31.3 Å². The molecule has 2 N–H and O–H groups in total. The summed E-state index contributed by atoms with van der Waals surface area (Å²) in [5.41, 5.74) is 1.43. The van der Waals surface area contributed by atoms with Gasteiger partial charge in [0.15, 0.2) is 0 Å². The second-order valence-electron chi connectivity index (χ2n) is 5.42. The Morgan fingerprint density at radius 2 is 1.95 bits per heavy atom. The van der Waals surface area contributed by atoms with Gasteiger partial charge in [0.25, 0.3) is 0 Å². The standard InChI is InChI=1S/C16H19NO3/c1-16(2,12-6-4-3-5-7-12)11-17-10-14-13(15(18)19)8-9-20-14/h3-9,17H,10-11H2,1-2H3,(H,18,19). The van der Waals surface area contributed by atoms with Crippen LogP contribution in [0, 0.1) is 0 Å². The lowest BCUT2D eigenvalue weighted by Gasteiger charge is -2.25. The molecule has 0 atom stereocenters. The van der Waals surface area contributed by atoms with Crippen LogP contribution in [0.4, 0.5) is 0 Å². The molecule has 0 aliphatic carbocycles. The molecule has 4 nitrogen and oxygen atoms in total. The van der Waals surface area contributed by atoms with Crippen LogP contribution in [0.2, 0.25) is 0 Å². The van der Waals surface area contributed by atoms with E-state index in [-0.39, 0.29) is 11.0 Å². The zero-order valence-electron chi connectivity index (χ0n) is 11.7. The van der Waals surface area contributed by atoms with E-state index in [4.69, 9.17) is 9.52 Å². The van der Waals surface area contributed by atoms with Crippen molar-refractivity contribution in [2.75, 3.05) is 6.54 Å². The largest absolute Gasteiger partial charge is 0.478 e. The van der Waals surface area contributed by atoms with Crippen molar-refractivity contribution in [2.24, 2.45) is 0 Å². The smallest absolute Gasteiger partial charge is 0.339 e. The predicted octanol–water partition coefficient (Wildman–Crippen LogP) is 3.05. The van der Waals surface area contributed by atoms with Gasteiger partial charge < -0.3 is 14.8 Å². The van der Waals surface area contributed by atoms with E-state index < -0.39 is 5.97 Å². The monoisotopic (exact) mass is 273 g/mol. The maximum Gasteiger partial charge on any atom is 0.339 e. The van der Waals surface area contributed by atoms with E-state index in [0.29, 0.717) is 12.3 Å². The molecule has 20 heavy (non-hydrogen) atoms. The summed E-state index contributed by atoms with van der Waals surface area (Å²) in [6, 6.07) is 11.7. The Labute approximate surface area is 118 Å². The number of nitrogens with one attached hydrogen (secondary N) is 1. The first-order valence-electron chi connectivity index (χ1n) is 6.56. The molecule has 0 radical (unpaired) electrons. The Balaban J connectivity index is 1.96. The molecular weight excluding hydrogens is 254 g/mol. The van der Waals surface area contributed by atoms with Gasteiger partial charge in [0.2, 0.25) is 0 Å². The average molecular weight is 273 g/mol. The molecule has 1 aromatic carbocycles. The Morgan fingerprint density at radius 1 is 1.25 bits per heavy atom. The van der Waals surface area contributed by atoms with Crippen LogP contribution in [0.5, 0.6) is 0 Å². The topological polar surface area (TPSA) is 62.5 Å². The zero-order chi connectivity index (χ0) is 14.6. The molecule has 4 heteroatoms. The summed E-state index contributed by atoms with van der Waals surface area (Å²) in [6.07, 6.45) is 1.41. The summed E-state index contributed by atoms with van der Waals surface area (Å²) < 4.78 is 5.20. The van der Waals surface area contributed by atoms with Crippen molar-refractivity contribution in [3.8, 4) is 0 Å². The molecule has 0 saturated heterocycles. The lowest BCUT2D eigenvalue weighted by Crippen LogP contribution is -2.32. The SMILES string of the molecule is CC(C)(CNCc1occc1C(=O)O)c1ccccc1. The van der Waals surface area contributed by atoms with E-state index in [1.165, 1.54) is 17.9 Å². The van der Waals surface area contributed by atoms with Crippen LogP contribution in [0.3, 0.4) is 0 Å². The minimum atomic E-state index is -0.960. The van der Waals surface area contributed by atoms with Crippen molar-refractivity contribution in [3.05, 3.63) is 59.5 Å². The molecule has 0 unspecified atom stereocenters. The highest BCUT2D eigenvalue weighted by molar-refractivity contribution is 5.88. The summed E-state index contributed by atoms with van der Waals surface area (Å²) in [7, 11) is 0. The fourth-order valence-corrected chi connectivity index (χ4v) is 2.15. The molecule has 106 valence electrons. The molecule has 0 saturated carbocycles. The minimum Gasteiger partial charge on any atom is -0.478 e. The second-order valence-corrected chi connectivity index (χ2v) is 5.42. The molecule has 2 rings (SSSR count). The van der Waals surface area contributed by atoms with Crippen molar-refractivity contribution < 1.29 is 14.3 Å². The summed E-state index contributed by atoms with van der Waals surface area (Å²) in [5.74, 6) is -0.501. The highest BCUT2D eigenvalue weighted by atomic mass is 16.4. The minimum absolute atomic E-state index is 0.0305. The third kappa shape index (κ3) is 3.27. The van der Waals surface area contributed by atoms with Crippen molar-refractivity contribution in [1.29, 1.82) is 0 Å². The molecule has 0 aliphatic heterocycles. The molecule has 0 bridgehead atoms. The van der Waals surface area contributed by atoms with Gasteiger partial charge in [-0.2, -0.15) is 0 Å². The maximum absolute atomic E-state index is 11.0. The molecule has 2 aromatic rings. The number of carbonyl (C=O) groups is 1. The number of rotatable bonds is 6. The van der Waals surface area contributed by atoms with Crippen LogP contribution in [-0.2, 0) is 12.0 Å². The number of hydrogen-bond acceptors (Lipinski definition) is 3. The third-order valence-corrected chi connectivity index (χ3v) is 3.38. The van der Waals surface area contributed by atoms with Gasteiger partial charge >= 0.3 is 5.97 Å². The van der Waals surface area contributed by atoms with Crippen LogP contribution in [0.15, 0.2) is 47.1 Å². The maximum atomic E-state index is 11.0. The first kappa shape index (κ1) is 14.3. The fourth-order valence-electron chi connectivity index (χ4n) is 2.15. The Kier molecular flexibility index (Phi) is 4.25. The first-order valence-corrected chi connectivity index (χ1v) is 6.56. The number of benzene rings is 1. The molecule has 1 heterocycles. The van der Waals surface area contributed by atoms with Crippen molar-refractivity contribution in [3.63, 3.8) is 0 Å². The van der Waals surface area contributed by atoms with Gasteiger partial charge in [-0.15, -0.1) is 0 Å². The number of carboxylic acid groups (broad SMARTS) is 1.